The lowest BCUT2D eigenvalue weighted by Gasteiger charge is -2.34. The second-order valence-corrected chi connectivity index (χ2v) is 6.12. The predicted octanol–water partition coefficient (Wildman–Crippen LogP) is 1.94. The Balaban J connectivity index is 1.86. The smallest absolute Gasteiger partial charge is 0.317 e. The molecule has 3 amide bonds. The largest absolute Gasteiger partial charge is 0.481 e. The fourth-order valence-corrected chi connectivity index (χ4v) is 2.82. The van der Waals surface area contributed by atoms with Gasteiger partial charge in [-0.1, -0.05) is 23.2 Å². The SMILES string of the molecule is O=C(O)CCNC(=O)N1CCN(C(=O)c2ccc(Cl)cc2Cl)CC1. The molecule has 130 valence electrons. The van der Waals surface area contributed by atoms with E-state index in [1.807, 2.05) is 0 Å². The number of urea groups is 1. The lowest BCUT2D eigenvalue weighted by Crippen LogP contribution is -2.53. The average Bonchev–Trinajstić information content (AvgIpc) is 2.54. The van der Waals surface area contributed by atoms with Crippen LogP contribution in [0.4, 0.5) is 4.79 Å². The fourth-order valence-electron chi connectivity index (χ4n) is 2.33. The second-order valence-electron chi connectivity index (χ2n) is 5.28. The van der Waals surface area contributed by atoms with Crippen LogP contribution < -0.4 is 5.32 Å². The van der Waals surface area contributed by atoms with Gasteiger partial charge in [-0.15, -0.1) is 0 Å². The zero-order valence-electron chi connectivity index (χ0n) is 12.8. The van der Waals surface area contributed by atoms with Crippen molar-refractivity contribution in [1.82, 2.24) is 15.1 Å². The van der Waals surface area contributed by atoms with Crippen molar-refractivity contribution in [2.24, 2.45) is 0 Å². The van der Waals surface area contributed by atoms with Gasteiger partial charge in [-0.25, -0.2) is 4.79 Å². The number of carboxylic acids is 1. The van der Waals surface area contributed by atoms with E-state index in [4.69, 9.17) is 28.3 Å². The maximum atomic E-state index is 12.5. The maximum Gasteiger partial charge on any atom is 0.317 e. The first-order chi connectivity index (χ1) is 11.4. The Hall–Kier alpha value is -1.99. The third-order valence-corrected chi connectivity index (χ3v) is 4.18. The van der Waals surface area contributed by atoms with Gasteiger partial charge in [-0.3, -0.25) is 9.59 Å². The minimum atomic E-state index is -0.967. The van der Waals surface area contributed by atoms with Crippen molar-refractivity contribution in [2.45, 2.75) is 6.42 Å². The average molecular weight is 374 g/mol. The summed E-state index contributed by atoms with van der Waals surface area (Å²) in [5.74, 6) is -1.17. The Morgan fingerprint density at radius 1 is 1.08 bits per heavy atom. The first-order valence-electron chi connectivity index (χ1n) is 7.37. The number of nitrogens with zero attached hydrogens (tertiary/aromatic N) is 2. The van der Waals surface area contributed by atoms with Gasteiger partial charge < -0.3 is 20.2 Å². The molecule has 1 fully saturated rings. The number of rotatable bonds is 4. The molecule has 9 heteroatoms. The first kappa shape index (κ1) is 18.4. The number of carboxylic acid groups (broad SMARTS) is 1. The zero-order chi connectivity index (χ0) is 17.7. The molecule has 0 atom stereocenters. The molecular weight excluding hydrogens is 357 g/mol. The molecule has 2 rings (SSSR count). The van der Waals surface area contributed by atoms with Crippen LogP contribution in [0.5, 0.6) is 0 Å². The maximum absolute atomic E-state index is 12.5. The molecule has 24 heavy (non-hydrogen) atoms. The van der Waals surface area contributed by atoms with Gasteiger partial charge in [0, 0.05) is 37.7 Å². The first-order valence-corrected chi connectivity index (χ1v) is 8.13. The second kappa shape index (κ2) is 8.21. The molecule has 0 radical (unpaired) electrons. The quantitative estimate of drug-likeness (QED) is 0.843. The summed E-state index contributed by atoms with van der Waals surface area (Å²) < 4.78 is 0. The van der Waals surface area contributed by atoms with E-state index in [0.29, 0.717) is 41.8 Å². The summed E-state index contributed by atoms with van der Waals surface area (Å²) in [5.41, 5.74) is 0.375. The van der Waals surface area contributed by atoms with E-state index in [0.717, 1.165) is 0 Å². The standard InChI is InChI=1S/C15H17Cl2N3O4/c16-10-1-2-11(12(17)9-10)14(23)19-5-7-20(8-6-19)15(24)18-4-3-13(21)22/h1-2,9H,3-8H2,(H,18,24)(H,21,22). The van der Waals surface area contributed by atoms with Gasteiger partial charge in [0.05, 0.1) is 17.0 Å². The number of halogens is 2. The molecule has 1 aromatic carbocycles. The van der Waals surface area contributed by atoms with Crippen LogP contribution in [0.1, 0.15) is 16.8 Å². The van der Waals surface area contributed by atoms with E-state index in [2.05, 4.69) is 5.32 Å². The lowest BCUT2D eigenvalue weighted by atomic mass is 10.2. The number of amides is 3. The Kier molecular flexibility index (Phi) is 6.28. The van der Waals surface area contributed by atoms with Crippen molar-refractivity contribution in [3.05, 3.63) is 33.8 Å². The molecule has 0 spiro atoms. The van der Waals surface area contributed by atoms with Gasteiger partial charge in [0.15, 0.2) is 0 Å². The number of hydrogen-bond acceptors (Lipinski definition) is 3. The van der Waals surface area contributed by atoms with Crippen molar-refractivity contribution >= 4 is 41.1 Å². The van der Waals surface area contributed by atoms with E-state index in [1.54, 1.807) is 21.9 Å². The lowest BCUT2D eigenvalue weighted by molar-refractivity contribution is -0.136. The monoisotopic (exact) mass is 373 g/mol. The molecule has 0 aliphatic carbocycles. The number of benzene rings is 1. The summed E-state index contributed by atoms with van der Waals surface area (Å²) in [4.78, 5) is 38.0. The Morgan fingerprint density at radius 2 is 1.71 bits per heavy atom. The number of carbonyl (C=O) groups excluding carboxylic acids is 2. The number of carbonyl (C=O) groups is 3. The molecule has 1 heterocycles. The Morgan fingerprint density at radius 3 is 2.29 bits per heavy atom. The Bertz CT molecular complexity index is 646. The normalized spacial score (nSPS) is 14.4. The van der Waals surface area contributed by atoms with Gasteiger partial charge >= 0.3 is 12.0 Å². The number of piperazine rings is 1. The molecule has 0 bridgehead atoms. The van der Waals surface area contributed by atoms with E-state index in [-0.39, 0.29) is 24.9 Å². The topological polar surface area (TPSA) is 89.9 Å². The molecule has 7 nitrogen and oxygen atoms in total. The van der Waals surface area contributed by atoms with Crippen molar-refractivity contribution in [3.63, 3.8) is 0 Å². The summed E-state index contributed by atoms with van der Waals surface area (Å²) in [7, 11) is 0. The number of aliphatic carboxylic acids is 1. The molecule has 1 saturated heterocycles. The van der Waals surface area contributed by atoms with E-state index in [1.165, 1.54) is 6.07 Å². The summed E-state index contributed by atoms with van der Waals surface area (Å²) in [5, 5.41) is 11.8. The van der Waals surface area contributed by atoms with Gasteiger partial charge in [0.1, 0.15) is 0 Å². The van der Waals surface area contributed by atoms with E-state index >= 15 is 0 Å². The summed E-state index contributed by atoms with van der Waals surface area (Å²) in [6.07, 6.45) is -0.126. The molecule has 0 unspecified atom stereocenters. The summed E-state index contributed by atoms with van der Waals surface area (Å²) in [6, 6.07) is 4.38. The highest BCUT2D eigenvalue weighted by Gasteiger charge is 2.25. The minimum Gasteiger partial charge on any atom is -0.481 e. The molecule has 1 aliphatic heterocycles. The van der Waals surface area contributed by atoms with Crippen LogP contribution in [0.15, 0.2) is 18.2 Å². The van der Waals surface area contributed by atoms with Crippen molar-refractivity contribution in [3.8, 4) is 0 Å². The number of hydrogen-bond donors (Lipinski definition) is 2. The highest BCUT2D eigenvalue weighted by Crippen LogP contribution is 2.22. The van der Waals surface area contributed by atoms with Crippen LogP contribution >= 0.6 is 23.2 Å². The van der Waals surface area contributed by atoms with Crippen LogP contribution in [0.2, 0.25) is 10.0 Å². The van der Waals surface area contributed by atoms with Gasteiger partial charge in [-0.2, -0.15) is 0 Å². The van der Waals surface area contributed by atoms with E-state index in [9.17, 15) is 14.4 Å². The van der Waals surface area contributed by atoms with Crippen molar-refractivity contribution in [1.29, 1.82) is 0 Å². The fraction of sp³-hybridized carbons (Fsp3) is 0.400. The summed E-state index contributed by atoms with van der Waals surface area (Å²) in [6.45, 7) is 1.58. The predicted molar refractivity (Wildman–Crippen MR) is 89.6 cm³/mol. The highest BCUT2D eigenvalue weighted by molar-refractivity contribution is 6.36. The Labute approximate surface area is 149 Å². The molecule has 0 saturated carbocycles. The van der Waals surface area contributed by atoms with Crippen LogP contribution in [-0.4, -0.2) is 65.5 Å². The van der Waals surface area contributed by atoms with Crippen molar-refractivity contribution < 1.29 is 19.5 Å². The zero-order valence-corrected chi connectivity index (χ0v) is 14.3. The molecule has 2 N–H and O–H groups in total. The molecule has 1 aromatic rings. The van der Waals surface area contributed by atoms with Gasteiger partial charge in [0.2, 0.25) is 0 Å². The highest BCUT2D eigenvalue weighted by atomic mass is 35.5. The molecule has 0 aromatic heterocycles. The summed E-state index contributed by atoms with van der Waals surface area (Å²) >= 11 is 11.9. The third kappa shape index (κ3) is 4.75. The molecular formula is C15H17Cl2N3O4. The van der Waals surface area contributed by atoms with E-state index < -0.39 is 5.97 Å². The van der Waals surface area contributed by atoms with Crippen LogP contribution in [0.25, 0.3) is 0 Å². The number of nitrogens with one attached hydrogen (secondary N) is 1. The van der Waals surface area contributed by atoms with Crippen LogP contribution in [-0.2, 0) is 4.79 Å². The minimum absolute atomic E-state index is 0.0771. The van der Waals surface area contributed by atoms with Gasteiger partial charge in [0.25, 0.3) is 5.91 Å². The third-order valence-electron chi connectivity index (χ3n) is 3.63. The van der Waals surface area contributed by atoms with Crippen LogP contribution in [0.3, 0.4) is 0 Å². The van der Waals surface area contributed by atoms with Gasteiger partial charge in [-0.05, 0) is 18.2 Å². The van der Waals surface area contributed by atoms with Crippen LogP contribution in [0, 0.1) is 0 Å². The molecule has 1 aliphatic rings. The van der Waals surface area contributed by atoms with Crippen molar-refractivity contribution in [2.75, 3.05) is 32.7 Å².